The summed E-state index contributed by atoms with van der Waals surface area (Å²) in [5.41, 5.74) is 5.24. The lowest BCUT2D eigenvalue weighted by Crippen LogP contribution is -2.67. The third kappa shape index (κ3) is 14.4. The van der Waals surface area contributed by atoms with Gasteiger partial charge < -0.3 is 160 Å². The minimum Gasteiger partial charge on any atom is -0.394 e. The molecule has 0 amide bonds. The first-order valence-corrected chi connectivity index (χ1v) is 22.7. The SMILES string of the molecule is CC(O)C(CO)OC(OCCCN)C(O)O.OCC1OC(OC2C(CO)OC(OC3C(CO)OC(OC4C(CO)OC(OC5C(CO)OC6OC6C5O)C(O)C4O)C(O)C3O)C(O)C2O)C(O)C(O)C1O. The molecular weight excluding hydrogens is 978 g/mol. The van der Waals surface area contributed by atoms with E-state index in [1.807, 2.05) is 0 Å². The van der Waals surface area contributed by atoms with Crippen LogP contribution in [0.25, 0.3) is 0 Å². The van der Waals surface area contributed by atoms with E-state index in [0.29, 0.717) is 13.0 Å². The van der Waals surface area contributed by atoms with Crippen molar-refractivity contribution in [2.24, 2.45) is 5.73 Å². The summed E-state index contributed by atoms with van der Waals surface area (Å²) >= 11 is 0. The van der Waals surface area contributed by atoms with Gasteiger partial charge >= 0.3 is 0 Å². The third-order valence-corrected chi connectivity index (χ3v) is 12.4. The average molecular weight is 1050 g/mol. The minimum atomic E-state index is -2.07. The highest BCUT2D eigenvalue weighted by molar-refractivity contribution is 5.01. The molecule has 0 bridgehead atoms. The highest BCUT2D eigenvalue weighted by Gasteiger charge is 2.59. The van der Waals surface area contributed by atoms with E-state index in [1.54, 1.807) is 0 Å². The van der Waals surface area contributed by atoms with Gasteiger partial charge in [-0.15, -0.1) is 0 Å². The largest absolute Gasteiger partial charge is 0.394 e. The van der Waals surface area contributed by atoms with E-state index in [1.165, 1.54) is 6.92 Å². The zero-order valence-corrected chi connectivity index (χ0v) is 38.1. The van der Waals surface area contributed by atoms with Crippen LogP contribution in [-0.4, -0.2) is 328 Å². The highest BCUT2D eigenvalue weighted by Crippen LogP contribution is 2.39. The molecule has 71 heavy (non-hydrogen) atoms. The van der Waals surface area contributed by atoms with Crippen molar-refractivity contribution in [3.63, 3.8) is 0 Å². The Morgan fingerprint density at radius 2 is 0.817 bits per heavy atom. The van der Waals surface area contributed by atoms with Crippen molar-refractivity contribution in [2.45, 2.75) is 192 Å². The van der Waals surface area contributed by atoms with Crippen molar-refractivity contribution in [3.8, 4) is 0 Å². The zero-order chi connectivity index (χ0) is 52.6. The number of nitrogens with two attached hydrogens (primary N) is 1. The number of fused-ring (bicyclic) bond motifs is 1. The van der Waals surface area contributed by atoms with E-state index >= 15 is 0 Å². The topological polar surface area (TPSA) is 524 Å². The fourth-order valence-corrected chi connectivity index (χ4v) is 8.19. The number of aliphatic hydroxyl groups excluding tert-OH is 18. The smallest absolute Gasteiger partial charge is 0.209 e. The molecule has 28 atom stereocenters. The van der Waals surface area contributed by atoms with E-state index in [0.717, 1.165) is 0 Å². The first-order chi connectivity index (χ1) is 33.7. The molecule has 418 valence electrons. The maximum absolute atomic E-state index is 11.1. The van der Waals surface area contributed by atoms with Crippen LogP contribution in [-0.2, 0) is 56.8 Å². The molecule has 32 nitrogen and oxygen atoms in total. The predicted molar refractivity (Wildman–Crippen MR) is 218 cm³/mol. The van der Waals surface area contributed by atoms with Crippen molar-refractivity contribution < 1.29 is 154 Å². The summed E-state index contributed by atoms with van der Waals surface area (Å²) in [6.45, 7) is -2.55. The molecule has 0 aromatic heterocycles. The maximum atomic E-state index is 11.1. The summed E-state index contributed by atoms with van der Waals surface area (Å²) in [5, 5.41) is 192. The lowest BCUT2D eigenvalue weighted by Gasteiger charge is -2.49. The Morgan fingerprint density at radius 3 is 1.17 bits per heavy atom. The Hall–Kier alpha value is -1.28. The molecule has 0 aromatic rings. The summed E-state index contributed by atoms with van der Waals surface area (Å²) in [7, 11) is 0. The summed E-state index contributed by atoms with van der Waals surface area (Å²) in [5.74, 6) is 0. The molecule has 6 aliphatic heterocycles. The van der Waals surface area contributed by atoms with Crippen LogP contribution in [0.1, 0.15) is 13.3 Å². The Morgan fingerprint density at radius 1 is 0.451 bits per heavy atom. The molecule has 6 fully saturated rings. The molecular formula is C39H71NO31. The van der Waals surface area contributed by atoms with Crippen molar-refractivity contribution in [3.05, 3.63) is 0 Å². The van der Waals surface area contributed by atoms with Crippen molar-refractivity contribution in [2.75, 3.05) is 52.8 Å². The van der Waals surface area contributed by atoms with Crippen LogP contribution in [0.4, 0.5) is 0 Å². The maximum Gasteiger partial charge on any atom is 0.209 e. The minimum absolute atomic E-state index is 0.205. The lowest BCUT2D eigenvalue weighted by atomic mass is 9.95. The number of hydrogen-bond donors (Lipinski definition) is 20. The Labute approximate surface area is 403 Å². The summed E-state index contributed by atoms with van der Waals surface area (Å²) in [6, 6.07) is 0. The van der Waals surface area contributed by atoms with Gasteiger partial charge in [0.2, 0.25) is 12.6 Å². The second-order valence-corrected chi connectivity index (χ2v) is 17.4. The molecule has 21 N–H and O–H groups in total. The van der Waals surface area contributed by atoms with Gasteiger partial charge in [0.25, 0.3) is 0 Å². The molecule has 32 heteroatoms. The molecule has 6 rings (SSSR count). The molecule has 0 saturated carbocycles. The molecule has 6 heterocycles. The van der Waals surface area contributed by atoms with Gasteiger partial charge in [0.15, 0.2) is 31.5 Å². The first kappa shape index (κ1) is 60.6. The molecule has 6 saturated heterocycles. The molecule has 6 aliphatic rings. The van der Waals surface area contributed by atoms with Crippen LogP contribution in [0.5, 0.6) is 0 Å². The first-order valence-electron chi connectivity index (χ1n) is 22.7. The average Bonchev–Trinajstić information content (AvgIpc) is 4.15. The number of hydrogen-bond acceptors (Lipinski definition) is 32. The normalized spacial score (nSPS) is 46.1. The molecule has 0 spiro atoms. The van der Waals surface area contributed by atoms with Crippen LogP contribution in [0, 0.1) is 0 Å². The molecule has 0 radical (unpaired) electrons. The third-order valence-electron chi connectivity index (χ3n) is 12.4. The second-order valence-electron chi connectivity index (χ2n) is 17.4. The lowest BCUT2D eigenvalue weighted by molar-refractivity contribution is -0.390. The fourth-order valence-electron chi connectivity index (χ4n) is 8.19. The molecule has 0 aromatic carbocycles. The van der Waals surface area contributed by atoms with E-state index in [2.05, 4.69) is 0 Å². The fraction of sp³-hybridized carbons (Fsp3) is 1.00. The van der Waals surface area contributed by atoms with Crippen LogP contribution in [0.15, 0.2) is 0 Å². The van der Waals surface area contributed by atoms with Crippen molar-refractivity contribution in [1.82, 2.24) is 0 Å². The number of ether oxygens (including phenoxy) is 12. The van der Waals surface area contributed by atoms with Gasteiger partial charge in [0.05, 0.1) is 52.4 Å². The highest BCUT2D eigenvalue weighted by atomic mass is 16.8. The van der Waals surface area contributed by atoms with Gasteiger partial charge in [0, 0.05) is 0 Å². The molecule has 0 aliphatic carbocycles. The summed E-state index contributed by atoms with van der Waals surface area (Å²) in [6.07, 6.45) is -45.7. The van der Waals surface area contributed by atoms with Gasteiger partial charge in [-0.25, -0.2) is 0 Å². The van der Waals surface area contributed by atoms with Gasteiger partial charge in [-0.1, -0.05) is 0 Å². The van der Waals surface area contributed by atoms with Crippen LogP contribution in [0.2, 0.25) is 0 Å². The predicted octanol–water partition coefficient (Wildman–Crippen LogP) is -13.1. The Kier molecular flexibility index (Phi) is 23.6. The van der Waals surface area contributed by atoms with Crippen LogP contribution >= 0.6 is 0 Å². The monoisotopic (exact) mass is 1050 g/mol. The van der Waals surface area contributed by atoms with Gasteiger partial charge in [-0.3, -0.25) is 0 Å². The number of epoxide rings is 1. The van der Waals surface area contributed by atoms with E-state index in [-0.39, 0.29) is 6.61 Å². The second kappa shape index (κ2) is 27.7. The van der Waals surface area contributed by atoms with E-state index in [4.69, 9.17) is 77.9 Å². The number of rotatable bonds is 22. The summed E-state index contributed by atoms with van der Waals surface area (Å²) in [4.78, 5) is 0. The quantitative estimate of drug-likeness (QED) is 0.0272. The van der Waals surface area contributed by atoms with Gasteiger partial charge in [-0.05, 0) is 19.9 Å². The van der Waals surface area contributed by atoms with Crippen molar-refractivity contribution >= 4 is 0 Å². The van der Waals surface area contributed by atoms with E-state index in [9.17, 15) is 81.7 Å². The van der Waals surface area contributed by atoms with Crippen molar-refractivity contribution in [1.29, 1.82) is 0 Å². The standard InChI is InChI=1S/C30H50O25.C9H21NO6/c31-1-6-11(36)12(37)16(41)26(46-6)51-21-7(2-32)47-27(17(42)13(21)38)52-22-8(3-33)48-28(18(43)14(22)39)53-23-9(4-34)49-29(19(44)15(23)40)54-24-10(5-35)50-30-25(55-30)20(24)45;1-6(12)7(5-11)16-9(8(13)14)15-4-2-3-10/h6-45H,1-5H2;6-9,11-14H,2-5,10H2,1H3. The zero-order valence-electron chi connectivity index (χ0n) is 38.1. The Bertz CT molecular complexity index is 1520. The van der Waals surface area contributed by atoms with E-state index < -0.39 is 218 Å². The van der Waals surface area contributed by atoms with Gasteiger partial charge in [-0.2, -0.15) is 0 Å². The Balaban J connectivity index is 0.000000503. The number of aliphatic hydroxyl groups is 19. The van der Waals surface area contributed by atoms with Crippen LogP contribution in [0.3, 0.4) is 0 Å². The summed E-state index contributed by atoms with van der Waals surface area (Å²) < 4.78 is 65.1. The van der Waals surface area contributed by atoms with Gasteiger partial charge in [0.1, 0.15) is 128 Å². The van der Waals surface area contributed by atoms with Crippen LogP contribution < -0.4 is 5.73 Å². The molecule has 28 unspecified atom stereocenters.